The molecule has 2 N–H and O–H groups in total. The molecule has 0 bridgehead atoms. The van der Waals surface area contributed by atoms with Gasteiger partial charge in [-0.1, -0.05) is 0 Å². The van der Waals surface area contributed by atoms with E-state index in [9.17, 15) is 9.59 Å². The lowest BCUT2D eigenvalue weighted by molar-refractivity contribution is -0.157. The highest BCUT2D eigenvalue weighted by Gasteiger charge is 2.26. The number of hydrogen-bond acceptors (Lipinski definition) is 4. The number of carbonyl (C=O) groups excluding carboxylic acids is 2. The summed E-state index contributed by atoms with van der Waals surface area (Å²) < 4.78 is 5.16. The lowest BCUT2D eigenvalue weighted by Gasteiger charge is -2.29. The predicted molar refractivity (Wildman–Crippen MR) is 68.9 cm³/mol. The van der Waals surface area contributed by atoms with Crippen LogP contribution >= 0.6 is 0 Å². The number of likely N-dealkylation sites (tertiary alicyclic amines) is 1. The Morgan fingerprint density at radius 3 is 2.28 bits per heavy atom. The summed E-state index contributed by atoms with van der Waals surface area (Å²) in [6.45, 7) is 6.89. The first kappa shape index (κ1) is 15.0. The van der Waals surface area contributed by atoms with Crippen LogP contribution in [0.4, 0.5) is 0 Å². The van der Waals surface area contributed by atoms with Gasteiger partial charge in [0.15, 0.2) is 0 Å². The van der Waals surface area contributed by atoms with Gasteiger partial charge < -0.3 is 15.4 Å². The molecule has 0 unspecified atom stereocenters. The minimum absolute atomic E-state index is 0.0490. The van der Waals surface area contributed by atoms with Gasteiger partial charge in [-0.2, -0.15) is 0 Å². The topological polar surface area (TPSA) is 72.6 Å². The molecule has 1 fully saturated rings. The van der Waals surface area contributed by atoms with Gasteiger partial charge in [-0.25, -0.2) is 0 Å². The molecule has 1 atom stereocenters. The van der Waals surface area contributed by atoms with Crippen LogP contribution in [0.5, 0.6) is 0 Å². The van der Waals surface area contributed by atoms with Gasteiger partial charge in [-0.3, -0.25) is 9.59 Å². The number of rotatable bonds is 3. The number of carbonyl (C=O) groups is 2. The second kappa shape index (κ2) is 6.18. The summed E-state index contributed by atoms with van der Waals surface area (Å²) in [6.07, 6.45) is 3.15. The number of esters is 1. The van der Waals surface area contributed by atoms with Crippen molar-refractivity contribution in [2.24, 2.45) is 5.73 Å². The molecule has 0 aromatic rings. The number of hydrogen-bond donors (Lipinski definition) is 1. The van der Waals surface area contributed by atoms with Gasteiger partial charge >= 0.3 is 5.97 Å². The molecule has 1 aliphatic rings. The molecule has 0 spiro atoms. The van der Waals surface area contributed by atoms with Gasteiger partial charge in [0.25, 0.3) is 0 Å². The Labute approximate surface area is 109 Å². The van der Waals surface area contributed by atoms with Crippen LogP contribution in [0.3, 0.4) is 0 Å². The van der Waals surface area contributed by atoms with Crippen LogP contribution in [0.15, 0.2) is 0 Å². The van der Waals surface area contributed by atoms with Crippen molar-refractivity contribution in [3.63, 3.8) is 0 Å². The minimum Gasteiger partial charge on any atom is -0.460 e. The lowest BCUT2D eigenvalue weighted by atomic mass is 10.1. The van der Waals surface area contributed by atoms with Crippen LogP contribution in [0.25, 0.3) is 0 Å². The van der Waals surface area contributed by atoms with Crippen molar-refractivity contribution in [1.82, 2.24) is 4.90 Å². The van der Waals surface area contributed by atoms with Crippen molar-refractivity contribution in [3.8, 4) is 0 Å². The standard InChI is InChI=1S/C13H24N2O3/c1-13(2,3)18-11(16)9-10(14)12(17)15-7-5-4-6-8-15/h10H,4-9,14H2,1-3H3/t10-/m0/s1. The molecule has 1 heterocycles. The smallest absolute Gasteiger partial charge is 0.308 e. The summed E-state index contributed by atoms with van der Waals surface area (Å²) in [5.41, 5.74) is 5.24. The van der Waals surface area contributed by atoms with Crippen molar-refractivity contribution < 1.29 is 14.3 Å². The molecule has 18 heavy (non-hydrogen) atoms. The average molecular weight is 256 g/mol. The third-order valence-corrected chi connectivity index (χ3v) is 2.79. The third kappa shape index (κ3) is 5.04. The lowest BCUT2D eigenvalue weighted by Crippen LogP contribution is -2.47. The quantitative estimate of drug-likeness (QED) is 0.766. The van der Waals surface area contributed by atoms with Crippen molar-refractivity contribution in [2.45, 2.75) is 58.1 Å². The molecule has 104 valence electrons. The maximum atomic E-state index is 12.0. The predicted octanol–water partition coefficient (Wildman–Crippen LogP) is 1.06. The van der Waals surface area contributed by atoms with E-state index in [1.54, 1.807) is 25.7 Å². The first-order chi connectivity index (χ1) is 8.29. The summed E-state index contributed by atoms with van der Waals surface area (Å²) in [4.78, 5) is 25.3. The van der Waals surface area contributed by atoms with Crippen LogP contribution in [0.1, 0.15) is 46.5 Å². The Morgan fingerprint density at radius 2 is 1.78 bits per heavy atom. The minimum atomic E-state index is -0.780. The van der Waals surface area contributed by atoms with Crippen LogP contribution in [0, 0.1) is 0 Å². The molecule has 1 aliphatic heterocycles. The van der Waals surface area contributed by atoms with Crippen molar-refractivity contribution in [3.05, 3.63) is 0 Å². The van der Waals surface area contributed by atoms with E-state index in [4.69, 9.17) is 10.5 Å². The number of nitrogens with two attached hydrogens (primary N) is 1. The summed E-state index contributed by atoms with van der Waals surface area (Å²) in [6, 6.07) is -0.780. The fraction of sp³-hybridized carbons (Fsp3) is 0.846. The van der Waals surface area contributed by atoms with Gasteiger partial charge in [0.05, 0.1) is 12.5 Å². The molecule has 0 aromatic carbocycles. The average Bonchev–Trinajstić information content (AvgIpc) is 2.26. The first-order valence-corrected chi connectivity index (χ1v) is 6.56. The highest BCUT2D eigenvalue weighted by Crippen LogP contribution is 2.12. The van der Waals surface area contributed by atoms with Gasteiger partial charge in [-0.05, 0) is 40.0 Å². The normalized spacial score (nSPS) is 18.3. The number of piperidine rings is 1. The molecule has 5 nitrogen and oxygen atoms in total. The van der Waals surface area contributed by atoms with E-state index >= 15 is 0 Å². The molecule has 5 heteroatoms. The fourth-order valence-corrected chi connectivity index (χ4v) is 2.00. The van der Waals surface area contributed by atoms with E-state index in [1.165, 1.54) is 0 Å². The largest absolute Gasteiger partial charge is 0.460 e. The molecule has 1 saturated heterocycles. The second-order valence-corrected chi connectivity index (χ2v) is 5.78. The zero-order valence-corrected chi connectivity index (χ0v) is 11.6. The van der Waals surface area contributed by atoms with Crippen LogP contribution in [-0.2, 0) is 14.3 Å². The summed E-state index contributed by atoms with van der Waals surface area (Å²) in [5.74, 6) is -0.555. The van der Waals surface area contributed by atoms with Crippen molar-refractivity contribution in [2.75, 3.05) is 13.1 Å². The van der Waals surface area contributed by atoms with E-state index in [-0.39, 0.29) is 12.3 Å². The zero-order chi connectivity index (χ0) is 13.8. The van der Waals surface area contributed by atoms with E-state index < -0.39 is 17.6 Å². The Hall–Kier alpha value is -1.10. The van der Waals surface area contributed by atoms with Crippen LogP contribution in [0.2, 0.25) is 0 Å². The summed E-state index contributed by atoms with van der Waals surface area (Å²) >= 11 is 0. The van der Waals surface area contributed by atoms with Gasteiger partial charge in [0.2, 0.25) is 5.91 Å². The highest BCUT2D eigenvalue weighted by atomic mass is 16.6. The second-order valence-electron chi connectivity index (χ2n) is 5.78. The molecular formula is C13H24N2O3. The maximum Gasteiger partial charge on any atom is 0.308 e. The number of amides is 1. The molecular weight excluding hydrogens is 232 g/mol. The third-order valence-electron chi connectivity index (χ3n) is 2.79. The SMILES string of the molecule is CC(C)(C)OC(=O)C[C@H](N)C(=O)N1CCCCC1. The highest BCUT2D eigenvalue weighted by molar-refractivity contribution is 5.86. The van der Waals surface area contributed by atoms with E-state index in [0.717, 1.165) is 32.4 Å². The Morgan fingerprint density at radius 1 is 1.22 bits per heavy atom. The summed E-state index contributed by atoms with van der Waals surface area (Å²) in [5, 5.41) is 0. The zero-order valence-electron chi connectivity index (χ0n) is 11.6. The number of ether oxygens (including phenoxy) is 1. The Balaban J connectivity index is 2.41. The number of nitrogens with zero attached hydrogens (tertiary/aromatic N) is 1. The van der Waals surface area contributed by atoms with E-state index in [1.807, 2.05) is 0 Å². The first-order valence-electron chi connectivity index (χ1n) is 6.56. The molecule has 0 aromatic heterocycles. The van der Waals surface area contributed by atoms with E-state index in [2.05, 4.69) is 0 Å². The monoisotopic (exact) mass is 256 g/mol. The molecule has 0 saturated carbocycles. The van der Waals surface area contributed by atoms with Gasteiger partial charge in [0, 0.05) is 13.1 Å². The molecule has 1 amide bonds. The summed E-state index contributed by atoms with van der Waals surface area (Å²) in [7, 11) is 0. The van der Waals surface area contributed by atoms with Gasteiger partial charge in [-0.15, -0.1) is 0 Å². The Bertz CT molecular complexity index is 304. The maximum absolute atomic E-state index is 12.0. The van der Waals surface area contributed by atoms with Crippen molar-refractivity contribution >= 4 is 11.9 Å². The van der Waals surface area contributed by atoms with Crippen LogP contribution < -0.4 is 5.73 Å². The molecule has 0 radical (unpaired) electrons. The molecule has 1 rings (SSSR count). The fourth-order valence-electron chi connectivity index (χ4n) is 2.00. The van der Waals surface area contributed by atoms with Crippen LogP contribution in [-0.4, -0.2) is 41.5 Å². The molecule has 0 aliphatic carbocycles. The van der Waals surface area contributed by atoms with E-state index in [0.29, 0.717) is 0 Å². The Kier molecular flexibility index (Phi) is 5.14. The van der Waals surface area contributed by atoms with Gasteiger partial charge in [0.1, 0.15) is 5.60 Å². The van der Waals surface area contributed by atoms with Crippen molar-refractivity contribution in [1.29, 1.82) is 0 Å².